The summed E-state index contributed by atoms with van der Waals surface area (Å²) in [7, 11) is 0. The Morgan fingerprint density at radius 3 is 2.70 bits per heavy atom. The van der Waals surface area contributed by atoms with Gasteiger partial charge in [-0.2, -0.15) is 4.98 Å². The summed E-state index contributed by atoms with van der Waals surface area (Å²) in [6.07, 6.45) is 0. The molecule has 1 amide bonds. The van der Waals surface area contributed by atoms with Gasteiger partial charge in [-0.3, -0.25) is 9.36 Å². The number of nitrogens with zero attached hydrogens (tertiary/aromatic N) is 3. The minimum Gasteiger partial charge on any atom is -0.350 e. The van der Waals surface area contributed by atoms with E-state index in [4.69, 9.17) is 0 Å². The molecule has 8 heteroatoms. The van der Waals surface area contributed by atoms with Gasteiger partial charge in [0.25, 0.3) is 0 Å². The Bertz CT molecular complexity index is 1150. The number of aryl methyl sites for hydroxylation is 1. The maximum absolute atomic E-state index is 12.6. The molecule has 1 aromatic carbocycles. The van der Waals surface area contributed by atoms with Gasteiger partial charge in [0.05, 0.1) is 9.88 Å². The van der Waals surface area contributed by atoms with E-state index >= 15 is 0 Å². The van der Waals surface area contributed by atoms with Gasteiger partial charge >= 0.3 is 5.69 Å². The number of rotatable bonds is 5. The number of fused-ring (bicyclic) bond motifs is 1. The standard InChI is InChI=1S/C19H16N4O2S2/c1-12-21-17-16(14-8-5-9-26-14)22-19(25)23(18(17)27-12)11-15(24)20-10-13-6-3-2-4-7-13/h2-9H,10-11H2,1H3,(H,20,24). The molecular formula is C19H16N4O2S2. The summed E-state index contributed by atoms with van der Waals surface area (Å²) in [5.74, 6) is -0.237. The third kappa shape index (κ3) is 3.67. The zero-order chi connectivity index (χ0) is 18.8. The molecule has 0 aliphatic heterocycles. The van der Waals surface area contributed by atoms with Crippen molar-refractivity contribution in [3.63, 3.8) is 0 Å². The lowest BCUT2D eigenvalue weighted by atomic mass is 10.2. The van der Waals surface area contributed by atoms with Crippen molar-refractivity contribution in [2.24, 2.45) is 0 Å². The molecule has 4 aromatic rings. The fraction of sp³-hybridized carbons (Fsp3) is 0.158. The van der Waals surface area contributed by atoms with Crippen LogP contribution in [-0.4, -0.2) is 20.4 Å². The van der Waals surface area contributed by atoms with Gasteiger partial charge in [0.15, 0.2) is 0 Å². The topological polar surface area (TPSA) is 76.9 Å². The van der Waals surface area contributed by atoms with Crippen LogP contribution in [0.4, 0.5) is 0 Å². The maximum atomic E-state index is 12.6. The number of hydrogen-bond donors (Lipinski definition) is 1. The first-order valence-electron chi connectivity index (χ1n) is 8.34. The average Bonchev–Trinajstić information content (AvgIpc) is 3.32. The van der Waals surface area contributed by atoms with Gasteiger partial charge in [-0.1, -0.05) is 36.4 Å². The lowest BCUT2D eigenvalue weighted by molar-refractivity contribution is -0.121. The molecule has 0 atom stereocenters. The monoisotopic (exact) mass is 396 g/mol. The van der Waals surface area contributed by atoms with Crippen molar-refractivity contribution < 1.29 is 4.79 Å². The molecule has 3 heterocycles. The smallest absolute Gasteiger partial charge is 0.349 e. The second-order valence-electron chi connectivity index (χ2n) is 5.96. The van der Waals surface area contributed by atoms with E-state index in [0.717, 1.165) is 15.4 Å². The quantitative estimate of drug-likeness (QED) is 0.562. The molecule has 0 radical (unpaired) electrons. The van der Waals surface area contributed by atoms with E-state index in [1.165, 1.54) is 27.2 Å². The number of carbonyl (C=O) groups is 1. The zero-order valence-corrected chi connectivity index (χ0v) is 16.1. The Labute approximate surface area is 163 Å². The number of nitrogens with one attached hydrogen (secondary N) is 1. The molecule has 0 bridgehead atoms. The summed E-state index contributed by atoms with van der Waals surface area (Å²) >= 11 is 2.91. The van der Waals surface area contributed by atoms with Gasteiger partial charge < -0.3 is 5.32 Å². The number of thiophene rings is 1. The van der Waals surface area contributed by atoms with Crippen LogP contribution in [0.5, 0.6) is 0 Å². The Morgan fingerprint density at radius 1 is 1.15 bits per heavy atom. The van der Waals surface area contributed by atoms with Crippen molar-refractivity contribution >= 4 is 38.9 Å². The molecule has 4 rings (SSSR count). The zero-order valence-electron chi connectivity index (χ0n) is 14.5. The molecule has 3 aromatic heterocycles. The number of carbonyl (C=O) groups excluding carboxylic acids is 1. The lowest BCUT2D eigenvalue weighted by Gasteiger charge is -2.09. The second kappa shape index (κ2) is 7.42. The highest BCUT2D eigenvalue weighted by molar-refractivity contribution is 7.18. The van der Waals surface area contributed by atoms with Crippen molar-refractivity contribution in [2.75, 3.05) is 0 Å². The van der Waals surface area contributed by atoms with E-state index in [1.54, 1.807) is 0 Å². The first kappa shape index (κ1) is 17.6. The van der Waals surface area contributed by atoms with Crippen molar-refractivity contribution in [3.8, 4) is 10.6 Å². The fourth-order valence-corrected chi connectivity index (χ4v) is 4.39. The van der Waals surface area contributed by atoms with Gasteiger partial charge in [-0.25, -0.2) is 9.78 Å². The van der Waals surface area contributed by atoms with Crippen molar-refractivity contribution in [1.82, 2.24) is 19.9 Å². The highest BCUT2D eigenvalue weighted by Crippen LogP contribution is 2.31. The number of hydrogen-bond acceptors (Lipinski definition) is 6. The van der Waals surface area contributed by atoms with E-state index in [0.29, 0.717) is 22.6 Å². The maximum Gasteiger partial charge on any atom is 0.349 e. The largest absolute Gasteiger partial charge is 0.350 e. The van der Waals surface area contributed by atoms with Gasteiger partial charge in [-0.05, 0) is 23.9 Å². The van der Waals surface area contributed by atoms with E-state index < -0.39 is 5.69 Å². The van der Waals surface area contributed by atoms with Crippen molar-refractivity contribution in [1.29, 1.82) is 0 Å². The minimum atomic E-state index is -0.440. The van der Waals surface area contributed by atoms with Gasteiger partial charge in [-0.15, -0.1) is 22.7 Å². The van der Waals surface area contributed by atoms with Crippen LogP contribution in [0.3, 0.4) is 0 Å². The van der Waals surface area contributed by atoms with Crippen molar-refractivity contribution in [3.05, 3.63) is 68.9 Å². The molecule has 27 heavy (non-hydrogen) atoms. The summed E-state index contributed by atoms with van der Waals surface area (Å²) in [4.78, 5) is 35.3. The third-order valence-corrected chi connectivity index (χ3v) is 5.88. The molecule has 0 aliphatic carbocycles. The van der Waals surface area contributed by atoms with Crippen LogP contribution in [0.2, 0.25) is 0 Å². The molecule has 0 spiro atoms. The molecule has 0 unspecified atom stereocenters. The van der Waals surface area contributed by atoms with Crippen LogP contribution < -0.4 is 11.0 Å². The number of benzene rings is 1. The van der Waals surface area contributed by atoms with Gasteiger partial charge in [0.2, 0.25) is 5.91 Å². The normalized spacial score (nSPS) is 11.0. The fourth-order valence-electron chi connectivity index (χ4n) is 2.77. The third-order valence-electron chi connectivity index (χ3n) is 4.01. The Balaban J connectivity index is 1.64. The van der Waals surface area contributed by atoms with Crippen LogP contribution in [0.15, 0.2) is 52.6 Å². The van der Waals surface area contributed by atoms with E-state index in [2.05, 4.69) is 15.3 Å². The van der Waals surface area contributed by atoms with Crippen LogP contribution in [0, 0.1) is 6.92 Å². The first-order valence-corrected chi connectivity index (χ1v) is 10.0. The van der Waals surface area contributed by atoms with Crippen molar-refractivity contribution in [2.45, 2.75) is 20.0 Å². The van der Waals surface area contributed by atoms with E-state index in [1.807, 2.05) is 54.8 Å². The van der Waals surface area contributed by atoms with Gasteiger partial charge in [0, 0.05) is 6.54 Å². The molecule has 6 nitrogen and oxygen atoms in total. The Morgan fingerprint density at radius 2 is 1.96 bits per heavy atom. The van der Waals surface area contributed by atoms with Crippen LogP contribution >= 0.6 is 22.7 Å². The SMILES string of the molecule is Cc1nc2c(-c3cccs3)nc(=O)n(CC(=O)NCc3ccccc3)c2s1. The molecule has 1 N–H and O–H groups in total. The minimum absolute atomic E-state index is 0.0818. The molecule has 0 aliphatic rings. The highest BCUT2D eigenvalue weighted by Gasteiger charge is 2.18. The number of amides is 1. The summed E-state index contributed by atoms with van der Waals surface area (Å²) < 4.78 is 1.40. The van der Waals surface area contributed by atoms with E-state index in [-0.39, 0.29) is 12.5 Å². The number of thiazole rings is 1. The summed E-state index contributed by atoms with van der Waals surface area (Å²) in [6, 6.07) is 13.5. The highest BCUT2D eigenvalue weighted by atomic mass is 32.1. The Kier molecular flexibility index (Phi) is 4.83. The Hall–Kier alpha value is -2.84. The molecular weight excluding hydrogens is 380 g/mol. The van der Waals surface area contributed by atoms with Crippen LogP contribution in [0.1, 0.15) is 10.6 Å². The van der Waals surface area contributed by atoms with E-state index in [9.17, 15) is 9.59 Å². The van der Waals surface area contributed by atoms with Crippen LogP contribution in [0.25, 0.3) is 20.9 Å². The molecule has 136 valence electrons. The molecule has 0 saturated carbocycles. The summed E-state index contributed by atoms with van der Waals surface area (Å²) in [5, 5.41) is 5.61. The predicted molar refractivity (Wildman–Crippen MR) is 108 cm³/mol. The molecule has 0 saturated heterocycles. The predicted octanol–water partition coefficient (Wildman–Crippen LogP) is 3.21. The summed E-state index contributed by atoms with van der Waals surface area (Å²) in [5.41, 5.74) is 1.80. The van der Waals surface area contributed by atoms with Gasteiger partial charge in [0.1, 0.15) is 22.6 Å². The average molecular weight is 396 g/mol. The first-order chi connectivity index (χ1) is 13.1. The molecule has 0 fully saturated rings. The van der Waals surface area contributed by atoms with Crippen LogP contribution in [-0.2, 0) is 17.9 Å². The number of aromatic nitrogens is 3. The second-order valence-corrected chi connectivity index (χ2v) is 8.08. The lowest BCUT2D eigenvalue weighted by Crippen LogP contribution is -2.33. The summed E-state index contributed by atoms with van der Waals surface area (Å²) in [6.45, 7) is 2.22.